The molecule has 0 saturated heterocycles. The fraction of sp³-hybridized carbons (Fsp3) is 0.167. The molecule has 2 aromatic heterocycles. The molecule has 6 nitrogen and oxygen atoms in total. The lowest BCUT2D eigenvalue weighted by Gasteiger charge is -2.11. The van der Waals surface area contributed by atoms with Crippen molar-refractivity contribution in [2.45, 2.75) is 13.8 Å². The summed E-state index contributed by atoms with van der Waals surface area (Å²) >= 11 is 0. The van der Waals surface area contributed by atoms with Gasteiger partial charge in [0.2, 0.25) is 0 Å². The zero-order valence-corrected chi connectivity index (χ0v) is 13.8. The zero-order valence-electron chi connectivity index (χ0n) is 13.8. The molecule has 0 bridgehead atoms. The van der Waals surface area contributed by atoms with Gasteiger partial charge in [0.25, 0.3) is 5.91 Å². The van der Waals surface area contributed by atoms with Crippen molar-refractivity contribution >= 4 is 11.6 Å². The van der Waals surface area contributed by atoms with E-state index < -0.39 is 0 Å². The summed E-state index contributed by atoms with van der Waals surface area (Å²) in [5, 5.41) is 7.14. The lowest BCUT2D eigenvalue weighted by Crippen LogP contribution is -2.14. The van der Waals surface area contributed by atoms with Crippen LogP contribution in [0.3, 0.4) is 0 Å². The highest BCUT2D eigenvalue weighted by Crippen LogP contribution is 2.26. The van der Waals surface area contributed by atoms with Crippen LogP contribution in [0.5, 0.6) is 5.75 Å². The van der Waals surface area contributed by atoms with Crippen LogP contribution in [0.25, 0.3) is 5.82 Å². The average Bonchev–Trinajstić information content (AvgIpc) is 2.98. The predicted octanol–water partition coefficient (Wildman–Crippen LogP) is 3.15. The van der Waals surface area contributed by atoms with E-state index in [0.717, 1.165) is 11.3 Å². The summed E-state index contributed by atoms with van der Waals surface area (Å²) in [6, 6.07) is 11.2. The molecule has 0 saturated carbocycles. The van der Waals surface area contributed by atoms with E-state index in [9.17, 15) is 4.79 Å². The van der Waals surface area contributed by atoms with Gasteiger partial charge in [0.1, 0.15) is 5.75 Å². The second kappa shape index (κ2) is 6.54. The third-order valence-electron chi connectivity index (χ3n) is 3.73. The van der Waals surface area contributed by atoms with Gasteiger partial charge < -0.3 is 10.1 Å². The van der Waals surface area contributed by atoms with Crippen LogP contribution in [-0.4, -0.2) is 27.8 Å². The summed E-state index contributed by atoms with van der Waals surface area (Å²) in [6.45, 7) is 3.80. The molecular formula is C18H18N4O2. The van der Waals surface area contributed by atoms with Gasteiger partial charge in [-0.3, -0.25) is 4.79 Å². The Balaban J connectivity index is 1.88. The second-order valence-corrected chi connectivity index (χ2v) is 5.40. The van der Waals surface area contributed by atoms with E-state index in [0.29, 0.717) is 22.8 Å². The van der Waals surface area contributed by atoms with E-state index in [4.69, 9.17) is 4.74 Å². The van der Waals surface area contributed by atoms with Crippen molar-refractivity contribution in [2.75, 3.05) is 12.4 Å². The molecule has 122 valence electrons. The maximum Gasteiger partial charge on any atom is 0.259 e. The lowest BCUT2D eigenvalue weighted by atomic mass is 10.2. The average molecular weight is 322 g/mol. The highest BCUT2D eigenvalue weighted by Gasteiger charge is 2.17. The molecule has 1 aromatic carbocycles. The van der Waals surface area contributed by atoms with Crippen molar-refractivity contribution in [1.82, 2.24) is 14.8 Å². The Morgan fingerprint density at radius 3 is 2.75 bits per heavy atom. The summed E-state index contributed by atoms with van der Waals surface area (Å²) in [5.41, 5.74) is 2.89. The van der Waals surface area contributed by atoms with Crippen molar-refractivity contribution in [3.8, 4) is 11.6 Å². The molecule has 0 radical (unpaired) electrons. The number of nitrogens with zero attached hydrogens (tertiary/aromatic N) is 3. The van der Waals surface area contributed by atoms with E-state index in [2.05, 4.69) is 15.4 Å². The number of aromatic nitrogens is 3. The number of methoxy groups -OCH3 is 1. The number of anilines is 1. The van der Waals surface area contributed by atoms with Crippen LogP contribution in [0.4, 0.5) is 5.69 Å². The topological polar surface area (TPSA) is 69.0 Å². The van der Waals surface area contributed by atoms with Gasteiger partial charge in [-0.2, -0.15) is 5.10 Å². The van der Waals surface area contributed by atoms with Crippen molar-refractivity contribution in [3.63, 3.8) is 0 Å². The number of hydrogen-bond acceptors (Lipinski definition) is 4. The Bertz CT molecular complexity index is 872. The van der Waals surface area contributed by atoms with Crippen molar-refractivity contribution < 1.29 is 9.53 Å². The Morgan fingerprint density at radius 2 is 2.04 bits per heavy atom. The summed E-state index contributed by atoms with van der Waals surface area (Å²) in [5.74, 6) is 1.05. The third kappa shape index (κ3) is 2.99. The highest BCUT2D eigenvalue weighted by molar-refractivity contribution is 6.05. The van der Waals surface area contributed by atoms with Crippen LogP contribution in [0.2, 0.25) is 0 Å². The van der Waals surface area contributed by atoms with E-state index in [1.165, 1.54) is 0 Å². The standard InChI is InChI=1S/C18H18N4O2/c1-12-7-8-15(16(10-12)24-3)21-18(23)14-11-20-22(13(14)2)17-6-4-5-9-19-17/h4-11H,1-3H3,(H,21,23). The number of ether oxygens (including phenoxy) is 1. The van der Waals surface area contributed by atoms with Crippen molar-refractivity contribution in [2.24, 2.45) is 0 Å². The molecule has 0 aliphatic carbocycles. The van der Waals surface area contributed by atoms with Crippen LogP contribution in [0, 0.1) is 13.8 Å². The quantitative estimate of drug-likeness (QED) is 0.801. The smallest absolute Gasteiger partial charge is 0.259 e. The van der Waals surface area contributed by atoms with Crippen LogP contribution < -0.4 is 10.1 Å². The molecule has 6 heteroatoms. The van der Waals surface area contributed by atoms with Crippen LogP contribution in [0.1, 0.15) is 21.6 Å². The fourth-order valence-electron chi connectivity index (χ4n) is 2.43. The molecule has 0 fully saturated rings. The molecular weight excluding hydrogens is 304 g/mol. The van der Waals surface area contributed by atoms with Gasteiger partial charge in [-0.05, 0) is 43.7 Å². The summed E-state index contributed by atoms with van der Waals surface area (Å²) in [4.78, 5) is 16.8. The summed E-state index contributed by atoms with van der Waals surface area (Å²) in [6.07, 6.45) is 3.23. The molecule has 3 rings (SSSR count). The molecule has 2 heterocycles. The maximum absolute atomic E-state index is 12.6. The Hall–Kier alpha value is -3.15. The van der Waals surface area contributed by atoms with Gasteiger partial charge in [0.05, 0.1) is 30.3 Å². The zero-order chi connectivity index (χ0) is 17.1. The summed E-state index contributed by atoms with van der Waals surface area (Å²) in [7, 11) is 1.58. The van der Waals surface area contributed by atoms with E-state index in [-0.39, 0.29) is 5.91 Å². The molecule has 0 aliphatic heterocycles. The first-order chi connectivity index (χ1) is 11.6. The van der Waals surface area contributed by atoms with Gasteiger partial charge in [0.15, 0.2) is 5.82 Å². The molecule has 3 aromatic rings. The minimum Gasteiger partial charge on any atom is -0.495 e. The molecule has 0 unspecified atom stereocenters. The van der Waals surface area contributed by atoms with E-state index >= 15 is 0 Å². The first-order valence-corrected chi connectivity index (χ1v) is 7.52. The number of benzene rings is 1. The minimum atomic E-state index is -0.239. The number of pyridine rings is 1. The molecule has 1 N–H and O–H groups in total. The van der Waals surface area contributed by atoms with E-state index in [1.54, 1.807) is 24.2 Å². The normalized spacial score (nSPS) is 10.5. The number of rotatable bonds is 4. The summed E-state index contributed by atoms with van der Waals surface area (Å²) < 4.78 is 6.96. The number of amides is 1. The molecule has 0 spiro atoms. The van der Waals surface area contributed by atoms with Crippen molar-refractivity contribution in [3.05, 3.63) is 65.6 Å². The number of hydrogen-bond donors (Lipinski definition) is 1. The Morgan fingerprint density at radius 1 is 1.21 bits per heavy atom. The number of aryl methyl sites for hydroxylation is 1. The van der Waals surface area contributed by atoms with Gasteiger partial charge in [-0.15, -0.1) is 0 Å². The molecule has 1 amide bonds. The van der Waals surface area contributed by atoms with Gasteiger partial charge in [0, 0.05) is 6.20 Å². The maximum atomic E-state index is 12.6. The fourth-order valence-corrected chi connectivity index (χ4v) is 2.43. The van der Waals surface area contributed by atoms with Gasteiger partial charge in [-0.25, -0.2) is 9.67 Å². The Labute approximate surface area is 140 Å². The van der Waals surface area contributed by atoms with Gasteiger partial charge in [-0.1, -0.05) is 12.1 Å². The highest BCUT2D eigenvalue weighted by atomic mass is 16.5. The number of carbonyl (C=O) groups excluding carboxylic acids is 1. The molecule has 0 atom stereocenters. The molecule has 0 aliphatic rings. The first-order valence-electron chi connectivity index (χ1n) is 7.52. The minimum absolute atomic E-state index is 0.239. The van der Waals surface area contributed by atoms with Crippen LogP contribution in [0.15, 0.2) is 48.8 Å². The van der Waals surface area contributed by atoms with Gasteiger partial charge >= 0.3 is 0 Å². The predicted molar refractivity (Wildman–Crippen MR) is 91.8 cm³/mol. The monoisotopic (exact) mass is 322 g/mol. The van der Waals surface area contributed by atoms with Crippen LogP contribution >= 0.6 is 0 Å². The van der Waals surface area contributed by atoms with Crippen LogP contribution in [-0.2, 0) is 0 Å². The Kier molecular flexibility index (Phi) is 4.29. The third-order valence-corrected chi connectivity index (χ3v) is 3.73. The van der Waals surface area contributed by atoms with E-state index in [1.807, 2.05) is 50.2 Å². The SMILES string of the molecule is COc1cc(C)ccc1NC(=O)c1cnn(-c2ccccn2)c1C. The number of nitrogens with one attached hydrogen (secondary N) is 1. The first kappa shape index (κ1) is 15.7. The lowest BCUT2D eigenvalue weighted by molar-refractivity contribution is 0.102. The number of carbonyl (C=O) groups is 1. The molecule has 24 heavy (non-hydrogen) atoms. The second-order valence-electron chi connectivity index (χ2n) is 5.40. The largest absolute Gasteiger partial charge is 0.495 e. The van der Waals surface area contributed by atoms with Crippen molar-refractivity contribution in [1.29, 1.82) is 0 Å².